The van der Waals surface area contributed by atoms with E-state index < -0.39 is 36.7 Å². The minimum absolute atomic E-state index is 0.0676. The van der Waals surface area contributed by atoms with Crippen LogP contribution in [-0.2, 0) is 14.3 Å². The van der Waals surface area contributed by atoms with E-state index in [1.54, 1.807) is 0 Å². The summed E-state index contributed by atoms with van der Waals surface area (Å²) in [6.07, 6.45) is 0.496. The SMILES string of the molecule is CCC[C@@H](CC(=O)NC(CO)C(=O)O)NC(=O)OCC1c2ccccc2-c2ccccc21. The number of aliphatic hydroxyl groups excluding tert-OH is 1. The molecule has 1 aliphatic rings. The molecule has 0 aromatic heterocycles. The largest absolute Gasteiger partial charge is 0.480 e. The molecule has 1 unspecified atom stereocenters. The Morgan fingerprint density at radius 2 is 1.59 bits per heavy atom. The third-order valence-electron chi connectivity index (χ3n) is 5.55. The molecule has 4 N–H and O–H groups in total. The first-order valence-electron chi connectivity index (χ1n) is 10.7. The Kier molecular flexibility index (Phi) is 7.83. The number of carboxylic acid groups (broad SMARTS) is 1. The van der Waals surface area contributed by atoms with Crippen LogP contribution in [0, 0.1) is 0 Å². The van der Waals surface area contributed by atoms with Crippen molar-refractivity contribution in [3.63, 3.8) is 0 Å². The number of aliphatic carboxylic acids is 1. The van der Waals surface area contributed by atoms with Gasteiger partial charge in [-0.1, -0.05) is 61.9 Å². The normalized spacial score (nSPS) is 14.1. The van der Waals surface area contributed by atoms with E-state index in [1.807, 2.05) is 43.3 Å². The fourth-order valence-corrected chi connectivity index (χ4v) is 4.04. The van der Waals surface area contributed by atoms with Gasteiger partial charge in [-0.05, 0) is 28.7 Å². The summed E-state index contributed by atoms with van der Waals surface area (Å²) in [5, 5.41) is 23.0. The van der Waals surface area contributed by atoms with Gasteiger partial charge in [0.25, 0.3) is 0 Å². The highest BCUT2D eigenvalue weighted by Gasteiger charge is 2.29. The van der Waals surface area contributed by atoms with Crippen molar-refractivity contribution in [1.29, 1.82) is 0 Å². The lowest BCUT2D eigenvalue weighted by Gasteiger charge is -2.20. The third-order valence-corrected chi connectivity index (χ3v) is 5.55. The van der Waals surface area contributed by atoms with Crippen LogP contribution >= 0.6 is 0 Å². The molecule has 0 radical (unpaired) electrons. The predicted molar refractivity (Wildman–Crippen MR) is 118 cm³/mol. The average Bonchev–Trinajstić information content (AvgIpc) is 3.10. The zero-order chi connectivity index (χ0) is 23.1. The van der Waals surface area contributed by atoms with Crippen molar-refractivity contribution in [3.05, 3.63) is 59.7 Å². The standard InChI is InChI=1S/C24H28N2O6/c1-2-7-15(12-22(28)26-21(13-27)23(29)30)25-24(31)32-14-20-18-10-5-3-8-16(18)17-9-4-6-11-19(17)20/h3-6,8-11,15,20-21,27H,2,7,12-14H2,1H3,(H,25,31)(H,26,28)(H,29,30)/t15-,21?/m0/s1. The summed E-state index contributed by atoms with van der Waals surface area (Å²) in [7, 11) is 0. The molecule has 0 fully saturated rings. The fraction of sp³-hybridized carbons (Fsp3) is 0.375. The lowest BCUT2D eigenvalue weighted by atomic mass is 9.98. The van der Waals surface area contributed by atoms with E-state index in [1.165, 1.54) is 0 Å². The van der Waals surface area contributed by atoms with E-state index >= 15 is 0 Å². The highest BCUT2D eigenvalue weighted by atomic mass is 16.5. The molecule has 0 saturated carbocycles. The smallest absolute Gasteiger partial charge is 0.407 e. The zero-order valence-corrected chi connectivity index (χ0v) is 17.9. The molecule has 32 heavy (non-hydrogen) atoms. The number of fused-ring (bicyclic) bond motifs is 3. The van der Waals surface area contributed by atoms with Gasteiger partial charge in [-0.3, -0.25) is 4.79 Å². The van der Waals surface area contributed by atoms with E-state index in [0.717, 1.165) is 22.3 Å². The Bertz CT molecular complexity index is 931. The van der Waals surface area contributed by atoms with Crippen molar-refractivity contribution in [3.8, 4) is 11.1 Å². The summed E-state index contributed by atoms with van der Waals surface area (Å²) in [5.41, 5.74) is 4.48. The van der Waals surface area contributed by atoms with E-state index in [4.69, 9.17) is 14.9 Å². The van der Waals surface area contributed by atoms with Crippen molar-refractivity contribution in [2.75, 3.05) is 13.2 Å². The first kappa shape index (κ1) is 23.3. The highest BCUT2D eigenvalue weighted by molar-refractivity contribution is 5.84. The number of hydrogen-bond acceptors (Lipinski definition) is 5. The maximum absolute atomic E-state index is 12.5. The monoisotopic (exact) mass is 440 g/mol. The number of nitrogens with one attached hydrogen (secondary N) is 2. The van der Waals surface area contributed by atoms with Crippen molar-refractivity contribution < 1.29 is 29.3 Å². The van der Waals surface area contributed by atoms with Crippen LogP contribution in [0.1, 0.15) is 43.2 Å². The summed E-state index contributed by atoms with van der Waals surface area (Å²) in [6.45, 7) is 1.37. The minimum Gasteiger partial charge on any atom is -0.480 e. The van der Waals surface area contributed by atoms with Gasteiger partial charge in [0.1, 0.15) is 12.6 Å². The molecule has 0 heterocycles. The molecule has 0 spiro atoms. The van der Waals surface area contributed by atoms with Gasteiger partial charge in [0.05, 0.1) is 6.61 Å². The van der Waals surface area contributed by atoms with Crippen LogP contribution in [-0.4, -0.2) is 53.5 Å². The molecule has 8 nitrogen and oxygen atoms in total. The Balaban J connectivity index is 1.59. The molecule has 0 bridgehead atoms. The number of aliphatic hydroxyl groups is 1. The molecule has 2 aromatic rings. The number of rotatable bonds is 10. The molecule has 0 saturated heterocycles. The number of carbonyl (C=O) groups is 3. The molecular formula is C24H28N2O6. The molecule has 2 atom stereocenters. The van der Waals surface area contributed by atoms with Gasteiger partial charge in [0.2, 0.25) is 5.91 Å². The summed E-state index contributed by atoms with van der Waals surface area (Å²) in [6, 6.07) is 14.2. The van der Waals surface area contributed by atoms with Gasteiger partial charge in [0, 0.05) is 18.4 Å². The van der Waals surface area contributed by atoms with Crippen LogP contribution < -0.4 is 10.6 Å². The summed E-state index contributed by atoms with van der Waals surface area (Å²) in [4.78, 5) is 35.6. The maximum Gasteiger partial charge on any atom is 0.407 e. The van der Waals surface area contributed by atoms with Gasteiger partial charge >= 0.3 is 12.1 Å². The number of carbonyl (C=O) groups excluding carboxylic acids is 2. The van der Waals surface area contributed by atoms with Crippen LogP contribution in [0.4, 0.5) is 4.79 Å². The molecular weight excluding hydrogens is 412 g/mol. The molecule has 1 aliphatic carbocycles. The maximum atomic E-state index is 12.5. The molecule has 3 rings (SSSR count). The highest BCUT2D eigenvalue weighted by Crippen LogP contribution is 2.44. The van der Waals surface area contributed by atoms with Crippen molar-refractivity contribution in [1.82, 2.24) is 10.6 Å². The molecule has 8 heteroatoms. The van der Waals surface area contributed by atoms with Gasteiger partial charge < -0.3 is 25.6 Å². The van der Waals surface area contributed by atoms with Crippen molar-refractivity contribution >= 4 is 18.0 Å². The summed E-state index contributed by atoms with van der Waals surface area (Å²) >= 11 is 0. The first-order valence-corrected chi connectivity index (χ1v) is 10.7. The Morgan fingerprint density at radius 1 is 1.00 bits per heavy atom. The number of benzene rings is 2. The van der Waals surface area contributed by atoms with E-state index in [2.05, 4.69) is 22.8 Å². The Hall–Kier alpha value is -3.39. The molecule has 0 aliphatic heterocycles. The topological polar surface area (TPSA) is 125 Å². The second-order valence-electron chi connectivity index (χ2n) is 7.80. The number of amides is 2. The molecule has 170 valence electrons. The first-order chi connectivity index (χ1) is 15.4. The fourth-order valence-electron chi connectivity index (χ4n) is 4.04. The number of ether oxygens (including phenoxy) is 1. The Morgan fingerprint density at radius 3 is 2.12 bits per heavy atom. The number of hydrogen-bond donors (Lipinski definition) is 4. The van der Waals surface area contributed by atoms with Gasteiger partial charge in [-0.15, -0.1) is 0 Å². The number of carboxylic acids is 1. The lowest BCUT2D eigenvalue weighted by Crippen LogP contribution is -2.46. The minimum atomic E-state index is -1.38. The van der Waals surface area contributed by atoms with Crippen LogP contribution in [0.2, 0.25) is 0 Å². The average molecular weight is 440 g/mol. The molecule has 2 amide bonds. The lowest BCUT2D eigenvalue weighted by molar-refractivity contribution is -0.143. The third kappa shape index (κ3) is 5.45. The number of alkyl carbamates (subject to hydrolysis) is 1. The van der Waals surface area contributed by atoms with Crippen molar-refractivity contribution in [2.24, 2.45) is 0 Å². The van der Waals surface area contributed by atoms with E-state index in [-0.39, 0.29) is 18.9 Å². The summed E-state index contributed by atoms with van der Waals surface area (Å²) in [5.74, 6) is -1.96. The summed E-state index contributed by atoms with van der Waals surface area (Å²) < 4.78 is 5.52. The second-order valence-corrected chi connectivity index (χ2v) is 7.80. The van der Waals surface area contributed by atoms with Crippen LogP contribution in [0.25, 0.3) is 11.1 Å². The predicted octanol–water partition coefficient (Wildman–Crippen LogP) is 2.65. The van der Waals surface area contributed by atoms with Gasteiger partial charge in [-0.2, -0.15) is 0 Å². The van der Waals surface area contributed by atoms with Crippen LogP contribution in [0.15, 0.2) is 48.5 Å². The van der Waals surface area contributed by atoms with Crippen LogP contribution in [0.3, 0.4) is 0 Å². The van der Waals surface area contributed by atoms with E-state index in [9.17, 15) is 14.4 Å². The van der Waals surface area contributed by atoms with Gasteiger partial charge in [-0.25, -0.2) is 9.59 Å². The zero-order valence-electron chi connectivity index (χ0n) is 17.9. The second kappa shape index (κ2) is 10.8. The van der Waals surface area contributed by atoms with Crippen molar-refractivity contribution in [2.45, 2.75) is 44.2 Å². The van der Waals surface area contributed by atoms with Gasteiger partial charge in [0.15, 0.2) is 0 Å². The molecule has 2 aromatic carbocycles. The van der Waals surface area contributed by atoms with E-state index in [0.29, 0.717) is 12.8 Å². The quantitative estimate of drug-likeness (QED) is 0.450. The van der Waals surface area contributed by atoms with Crippen LogP contribution in [0.5, 0.6) is 0 Å². The Labute approximate surface area is 186 Å².